The van der Waals surface area contributed by atoms with Crippen molar-refractivity contribution in [3.8, 4) is 0 Å². The number of hydrogen-bond acceptors (Lipinski definition) is 5. The van der Waals surface area contributed by atoms with Crippen LogP contribution >= 0.6 is 12.4 Å². The second-order valence-electron chi connectivity index (χ2n) is 3.00. The summed E-state index contributed by atoms with van der Waals surface area (Å²) in [6.07, 6.45) is -2.29. The minimum Gasteiger partial charge on any atom is -0.481 e. The minimum absolute atomic E-state index is 0. The Morgan fingerprint density at radius 3 is 1.21 bits per heavy atom. The predicted octanol–water partition coefficient (Wildman–Crippen LogP) is -0.583. The van der Waals surface area contributed by atoms with Crippen molar-refractivity contribution < 1.29 is 49.4 Å². The number of aliphatic carboxylic acids is 4. The van der Waals surface area contributed by atoms with Gasteiger partial charge in [-0.3, -0.25) is 19.1 Å². The molecule has 0 saturated carbocycles. The van der Waals surface area contributed by atoms with Gasteiger partial charge in [-0.1, -0.05) is 0 Å². The molecule has 0 aliphatic heterocycles. The standard InChI is InChI=1S/C6H8O7.C2H4O2.ClH.FH/c7-3(8)1-6(13,5(11)12)2-4(9)10;1-2(3)4;;/h13H,1-2H2,(H,7,8)(H,9,10)(H,11,12);1H3,(H,3,4);2*1H. The number of halogens is 2. The molecule has 0 unspecified atom stereocenters. The van der Waals surface area contributed by atoms with Crippen LogP contribution in [-0.4, -0.2) is 55.0 Å². The average Bonchev–Trinajstić information content (AvgIpc) is 1.98. The fourth-order valence-corrected chi connectivity index (χ4v) is 0.714. The lowest BCUT2D eigenvalue weighted by Gasteiger charge is -2.18. The third kappa shape index (κ3) is 16.1. The molecule has 114 valence electrons. The zero-order valence-electron chi connectivity index (χ0n) is 9.60. The lowest BCUT2D eigenvalue weighted by Crippen LogP contribution is -2.42. The highest BCUT2D eigenvalue weighted by Gasteiger charge is 2.40. The Kier molecular flexibility index (Phi) is 15.2. The first-order valence-electron chi connectivity index (χ1n) is 4.10. The van der Waals surface area contributed by atoms with Gasteiger partial charge in [0, 0.05) is 6.92 Å². The fraction of sp³-hybridized carbons (Fsp3) is 0.500. The highest BCUT2D eigenvalue weighted by molar-refractivity contribution is 5.88. The second kappa shape index (κ2) is 11.2. The highest BCUT2D eigenvalue weighted by Crippen LogP contribution is 2.15. The normalized spacial score (nSPS) is 8.74. The Morgan fingerprint density at radius 1 is 0.895 bits per heavy atom. The van der Waals surface area contributed by atoms with Gasteiger partial charge in [0.2, 0.25) is 0 Å². The van der Waals surface area contributed by atoms with Gasteiger partial charge in [0.05, 0.1) is 12.8 Å². The molecule has 9 nitrogen and oxygen atoms in total. The van der Waals surface area contributed by atoms with Gasteiger partial charge in [0.25, 0.3) is 5.97 Å². The molecule has 0 aromatic carbocycles. The molecule has 0 rings (SSSR count). The van der Waals surface area contributed by atoms with Crippen LogP contribution in [0.4, 0.5) is 4.70 Å². The van der Waals surface area contributed by atoms with Crippen molar-refractivity contribution in [2.45, 2.75) is 25.4 Å². The zero-order valence-corrected chi connectivity index (χ0v) is 10.4. The van der Waals surface area contributed by atoms with Crippen LogP contribution in [0.25, 0.3) is 0 Å². The smallest absolute Gasteiger partial charge is 0.336 e. The molecule has 0 aliphatic rings. The molecule has 0 amide bonds. The molecule has 0 bridgehead atoms. The predicted molar refractivity (Wildman–Crippen MR) is 60.2 cm³/mol. The summed E-state index contributed by atoms with van der Waals surface area (Å²) in [5.74, 6) is -5.85. The molecule has 0 aromatic heterocycles. The number of carboxylic acid groups (broad SMARTS) is 4. The summed E-state index contributed by atoms with van der Waals surface area (Å²) < 4.78 is 0. The maximum absolute atomic E-state index is 10.3. The molecular formula is C8H14ClFO9. The second-order valence-corrected chi connectivity index (χ2v) is 3.00. The van der Waals surface area contributed by atoms with Crippen LogP contribution in [0, 0.1) is 0 Å². The van der Waals surface area contributed by atoms with E-state index in [1.807, 2.05) is 0 Å². The van der Waals surface area contributed by atoms with Crippen molar-refractivity contribution >= 4 is 36.3 Å². The Labute approximate surface area is 112 Å². The number of carboxylic acids is 4. The van der Waals surface area contributed by atoms with E-state index in [4.69, 9.17) is 30.3 Å². The van der Waals surface area contributed by atoms with E-state index in [2.05, 4.69) is 0 Å². The Balaban J connectivity index is -0.000000165. The summed E-state index contributed by atoms with van der Waals surface area (Å²) in [6.45, 7) is 1.08. The summed E-state index contributed by atoms with van der Waals surface area (Å²) in [5, 5.41) is 41.2. The van der Waals surface area contributed by atoms with Crippen molar-refractivity contribution in [1.29, 1.82) is 0 Å². The lowest BCUT2D eigenvalue weighted by molar-refractivity contribution is -0.170. The van der Waals surface area contributed by atoms with E-state index < -0.39 is 42.3 Å². The van der Waals surface area contributed by atoms with Gasteiger partial charge in [0.1, 0.15) is 0 Å². The van der Waals surface area contributed by atoms with Gasteiger partial charge in [-0.05, 0) is 0 Å². The molecule has 0 saturated heterocycles. The summed E-state index contributed by atoms with van der Waals surface area (Å²) >= 11 is 0. The molecule has 0 aliphatic carbocycles. The summed E-state index contributed by atoms with van der Waals surface area (Å²) in [4.78, 5) is 39.5. The maximum Gasteiger partial charge on any atom is 0.336 e. The van der Waals surface area contributed by atoms with E-state index in [0.717, 1.165) is 6.92 Å². The number of aliphatic hydroxyl groups is 1. The first-order chi connectivity index (χ1) is 7.51. The quantitative estimate of drug-likeness (QED) is 0.445. The van der Waals surface area contributed by atoms with Gasteiger partial charge in [-0.25, -0.2) is 4.79 Å². The van der Waals surface area contributed by atoms with Crippen LogP contribution in [0.5, 0.6) is 0 Å². The van der Waals surface area contributed by atoms with Gasteiger partial charge >= 0.3 is 17.9 Å². The molecule has 5 N–H and O–H groups in total. The van der Waals surface area contributed by atoms with Crippen molar-refractivity contribution in [2.24, 2.45) is 0 Å². The molecule has 0 atom stereocenters. The van der Waals surface area contributed by atoms with E-state index in [-0.39, 0.29) is 17.1 Å². The monoisotopic (exact) mass is 308 g/mol. The molecular weight excluding hydrogens is 295 g/mol. The fourth-order valence-electron chi connectivity index (χ4n) is 0.714. The first-order valence-corrected chi connectivity index (χ1v) is 4.10. The van der Waals surface area contributed by atoms with Gasteiger partial charge < -0.3 is 25.5 Å². The van der Waals surface area contributed by atoms with Crippen LogP contribution in [0.15, 0.2) is 0 Å². The molecule has 0 aromatic rings. The summed E-state index contributed by atoms with van der Waals surface area (Å²) in [6, 6.07) is 0. The summed E-state index contributed by atoms with van der Waals surface area (Å²) in [7, 11) is 0. The molecule has 11 heteroatoms. The molecule has 0 spiro atoms. The van der Waals surface area contributed by atoms with Crippen molar-refractivity contribution in [1.82, 2.24) is 0 Å². The molecule has 0 radical (unpaired) electrons. The Hall–Kier alpha value is -1.94. The third-order valence-corrected chi connectivity index (χ3v) is 1.29. The van der Waals surface area contributed by atoms with Crippen LogP contribution in [-0.2, 0) is 19.2 Å². The number of rotatable bonds is 5. The SMILES string of the molecule is CC(=O)O.Cl.F.O=C(O)CC(O)(CC(=O)O)C(=O)O. The maximum atomic E-state index is 10.3. The minimum atomic E-state index is -2.74. The molecule has 19 heavy (non-hydrogen) atoms. The van der Waals surface area contributed by atoms with E-state index in [1.54, 1.807) is 0 Å². The topological polar surface area (TPSA) is 169 Å². The van der Waals surface area contributed by atoms with Crippen LogP contribution in [0.1, 0.15) is 19.8 Å². The van der Waals surface area contributed by atoms with Crippen LogP contribution in [0.2, 0.25) is 0 Å². The van der Waals surface area contributed by atoms with E-state index in [0.29, 0.717) is 0 Å². The molecule has 0 heterocycles. The Morgan fingerprint density at radius 2 is 1.11 bits per heavy atom. The zero-order chi connectivity index (χ0) is 14.2. The van der Waals surface area contributed by atoms with Gasteiger partial charge in [0.15, 0.2) is 5.60 Å². The van der Waals surface area contributed by atoms with Crippen molar-refractivity contribution in [2.75, 3.05) is 0 Å². The largest absolute Gasteiger partial charge is 0.481 e. The van der Waals surface area contributed by atoms with E-state index >= 15 is 0 Å². The van der Waals surface area contributed by atoms with Gasteiger partial charge in [-0.2, -0.15) is 0 Å². The number of hydrogen-bond donors (Lipinski definition) is 5. The first kappa shape index (κ1) is 25.8. The van der Waals surface area contributed by atoms with Crippen LogP contribution in [0.3, 0.4) is 0 Å². The molecule has 0 fully saturated rings. The van der Waals surface area contributed by atoms with Crippen molar-refractivity contribution in [3.05, 3.63) is 0 Å². The van der Waals surface area contributed by atoms with Crippen LogP contribution < -0.4 is 0 Å². The van der Waals surface area contributed by atoms with E-state index in [9.17, 15) is 14.4 Å². The van der Waals surface area contributed by atoms with Crippen molar-refractivity contribution in [3.63, 3.8) is 0 Å². The van der Waals surface area contributed by atoms with Gasteiger partial charge in [-0.15, -0.1) is 12.4 Å². The lowest BCUT2D eigenvalue weighted by atomic mass is 9.96. The number of carbonyl (C=O) groups is 4. The average molecular weight is 309 g/mol. The Bertz CT molecular complexity index is 310. The highest BCUT2D eigenvalue weighted by atomic mass is 35.5. The summed E-state index contributed by atoms with van der Waals surface area (Å²) in [5.41, 5.74) is -2.74. The third-order valence-electron chi connectivity index (χ3n) is 1.29. The van der Waals surface area contributed by atoms with E-state index in [1.165, 1.54) is 0 Å².